The predicted molar refractivity (Wildman–Crippen MR) is 93.4 cm³/mol. The third-order valence-corrected chi connectivity index (χ3v) is 4.50. The molecule has 2 aromatic rings. The van der Waals surface area contributed by atoms with E-state index in [9.17, 15) is 9.18 Å². The van der Waals surface area contributed by atoms with Crippen molar-refractivity contribution < 1.29 is 9.18 Å². The van der Waals surface area contributed by atoms with Crippen molar-refractivity contribution in [2.45, 2.75) is 6.54 Å². The van der Waals surface area contributed by atoms with Crippen LogP contribution in [-0.2, 0) is 6.54 Å². The summed E-state index contributed by atoms with van der Waals surface area (Å²) >= 11 is 5.82. The molecule has 4 nitrogen and oxygen atoms in total. The minimum absolute atomic E-state index is 0.0273. The second-order valence-electron chi connectivity index (χ2n) is 5.94. The van der Waals surface area contributed by atoms with Gasteiger partial charge < -0.3 is 10.6 Å². The van der Waals surface area contributed by atoms with Gasteiger partial charge in [0.1, 0.15) is 5.82 Å². The Labute approximate surface area is 145 Å². The molecule has 1 amide bonds. The highest BCUT2D eigenvalue weighted by Gasteiger charge is 2.22. The van der Waals surface area contributed by atoms with E-state index >= 15 is 0 Å². The van der Waals surface area contributed by atoms with Crippen LogP contribution in [0.5, 0.6) is 0 Å². The largest absolute Gasteiger partial charge is 0.399 e. The van der Waals surface area contributed by atoms with E-state index in [2.05, 4.69) is 4.90 Å². The summed E-state index contributed by atoms with van der Waals surface area (Å²) in [7, 11) is 0. The van der Waals surface area contributed by atoms with Gasteiger partial charge in [0.15, 0.2) is 0 Å². The van der Waals surface area contributed by atoms with Crippen LogP contribution >= 0.6 is 11.6 Å². The number of carbonyl (C=O) groups excluding carboxylic acids is 1. The molecular formula is C18H19ClFN3O. The summed E-state index contributed by atoms with van der Waals surface area (Å²) in [4.78, 5) is 16.5. The van der Waals surface area contributed by atoms with Gasteiger partial charge in [-0.3, -0.25) is 9.69 Å². The number of nitrogen functional groups attached to an aromatic ring is 1. The molecule has 1 heterocycles. The van der Waals surface area contributed by atoms with Crippen LogP contribution in [0.1, 0.15) is 15.9 Å². The number of halogens is 2. The number of hydrogen-bond acceptors (Lipinski definition) is 3. The molecule has 0 spiro atoms. The number of hydrogen-bond donors (Lipinski definition) is 1. The highest BCUT2D eigenvalue weighted by molar-refractivity contribution is 6.30. The van der Waals surface area contributed by atoms with Crippen molar-refractivity contribution >= 4 is 23.2 Å². The Kier molecular flexibility index (Phi) is 5.02. The van der Waals surface area contributed by atoms with Crippen molar-refractivity contribution in [3.8, 4) is 0 Å². The summed E-state index contributed by atoms with van der Waals surface area (Å²) in [5, 5.41) is 0.143. The van der Waals surface area contributed by atoms with Gasteiger partial charge in [0.25, 0.3) is 5.91 Å². The zero-order chi connectivity index (χ0) is 17.1. The first-order valence-electron chi connectivity index (χ1n) is 7.84. The average molecular weight is 348 g/mol. The van der Waals surface area contributed by atoms with Crippen LogP contribution in [0.4, 0.5) is 10.1 Å². The predicted octanol–water partition coefficient (Wildman–Crippen LogP) is 3.02. The van der Waals surface area contributed by atoms with Gasteiger partial charge in [-0.15, -0.1) is 0 Å². The highest BCUT2D eigenvalue weighted by Crippen LogP contribution is 2.18. The smallest absolute Gasteiger partial charge is 0.253 e. The average Bonchev–Trinajstić information content (AvgIpc) is 2.59. The fourth-order valence-corrected chi connectivity index (χ4v) is 3.02. The molecule has 0 aromatic heterocycles. The Bertz CT molecular complexity index is 728. The van der Waals surface area contributed by atoms with E-state index in [-0.39, 0.29) is 10.9 Å². The molecule has 3 rings (SSSR count). The summed E-state index contributed by atoms with van der Waals surface area (Å²) < 4.78 is 13.2. The summed E-state index contributed by atoms with van der Waals surface area (Å²) in [6, 6.07) is 11.8. The van der Waals surface area contributed by atoms with Gasteiger partial charge in [0.2, 0.25) is 0 Å². The topological polar surface area (TPSA) is 49.6 Å². The van der Waals surface area contributed by atoms with Crippen LogP contribution in [0.2, 0.25) is 5.02 Å². The van der Waals surface area contributed by atoms with Crippen molar-refractivity contribution in [3.63, 3.8) is 0 Å². The zero-order valence-corrected chi connectivity index (χ0v) is 14.0. The van der Waals surface area contributed by atoms with Gasteiger partial charge in [-0.1, -0.05) is 17.7 Å². The molecule has 1 aliphatic heterocycles. The number of anilines is 1. The van der Waals surface area contributed by atoms with Crippen molar-refractivity contribution in [2.24, 2.45) is 0 Å². The fraction of sp³-hybridized carbons (Fsp3) is 0.278. The Morgan fingerprint density at radius 1 is 1.08 bits per heavy atom. The van der Waals surface area contributed by atoms with Crippen LogP contribution in [0.15, 0.2) is 42.5 Å². The van der Waals surface area contributed by atoms with Gasteiger partial charge in [0, 0.05) is 44.0 Å². The molecule has 0 radical (unpaired) electrons. The lowest BCUT2D eigenvalue weighted by atomic mass is 10.1. The van der Waals surface area contributed by atoms with Crippen LogP contribution in [-0.4, -0.2) is 41.9 Å². The monoisotopic (exact) mass is 347 g/mol. The van der Waals surface area contributed by atoms with Crippen LogP contribution < -0.4 is 5.73 Å². The number of nitrogens with two attached hydrogens (primary N) is 1. The van der Waals surface area contributed by atoms with E-state index in [1.807, 2.05) is 4.90 Å². The van der Waals surface area contributed by atoms with E-state index in [1.165, 1.54) is 6.07 Å². The molecule has 126 valence electrons. The summed E-state index contributed by atoms with van der Waals surface area (Å²) in [6.07, 6.45) is 0. The molecule has 0 atom stereocenters. The molecule has 0 saturated carbocycles. The lowest BCUT2D eigenvalue weighted by Gasteiger charge is -2.34. The molecule has 1 fully saturated rings. The number of benzene rings is 2. The van der Waals surface area contributed by atoms with Gasteiger partial charge in [-0.25, -0.2) is 4.39 Å². The van der Waals surface area contributed by atoms with Crippen LogP contribution in [0, 0.1) is 5.82 Å². The molecular weight excluding hydrogens is 329 g/mol. The maximum atomic E-state index is 13.2. The lowest BCUT2D eigenvalue weighted by Crippen LogP contribution is -2.48. The standard InChI is InChI=1S/C18H19ClFN3O/c19-16-11-13(1-6-17(16)20)12-22-7-9-23(10-8-22)18(24)14-2-4-15(21)5-3-14/h1-6,11H,7-10,12,21H2. The Balaban J connectivity index is 1.56. The number of piperazine rings is 1. The second-order valence-corrected chi connectivity index (χ2v) is 6.35. The first-order chi connectivity index (χ1) is 11.5. The number of carbonyl (C=O) groups is 1. The van der Waals surface area contributed by atoms with Gasteiger partial charge in [-0.2, -0.15) is 0 Å². The zero-order valence-electron chi connectivity index (χ0n) is 13.2. The van der Waals surface area contributed by atoms with Crippen molar-refractivity contribution in [2.75, 3.05) is 31.9 Å². The van der Waals surface area contributed by atoms with Crippen molar-refractivity contribution in [1.82, 2.24) is 9.80 Å². The maximum absolute atomic E-state index is 13.2. The van der Waals surface area contributed by atoms with Gasteiger partial charge in [0.05, 0.1) is 5.02 Å². The molecule has 0 bridgehead atoms. The normalized spacial score (nSPS) is 15.5. The van der Waals surface area contributed by atoms with Crippen molar-refractivity contribution in [1.29, 1.82) is 0 Å². The summed E-state index contributed by atoms with van der Waals surface area (Å²) in [5.74, 6) is -0.376. The second kappa shape index (κ2) is 7.20. The SMILES string of the molecule is Nc1ccc(C(=O)N2CCN(Cc3ccc(F)c(Cl)c3)CC2)cc1. The Morgan fingerprint density at radius 2 is 1.75 bits per heavy atom. The summed E-state index contributed by atoms with van der Waals surface area (Å²) in [5.41, 5.74) is 7.93. The van der Waals surface area contributed by atoms with Crippen LogP contribution in [0.3, 0.4) is 0 Å². The third-order valence-electron chi connectivity index (χ3n) is 4.21. The van der Waals surface area contributed by atoms with E-state index < -0.39 is 5.82 Å². The Hall–Kier alpha value is -2.11. The molecule has 0 aliphatic carbocycles. The maximum Gasteiger partial charge on any atom is 0.253 e. The molecule has 24 heavy (non-hydrogen) atoms. The highest BCUT2D eigenvalue weighted by atomic mass is 35.5. The minimum atomic E-state index is -0.403. The number of rotatable bonds is 3. The van der Waals surface area contributed by atoms with E-state index in [0.29, 0.717) is 30.9 Å². The van der Waals surface area contributed by atoms with E-state index in [0.717, 1.165) is 18.7 Å². The van der Waals surface area contributed by atoms with Crippen LogP contribution in [0.25, 0.3) is 0 Å². The lowest BCUT2D eigenvalue weighted by molar-refractivity contribution is 0.0628. The molecule has 1 saturated heterocycles. The van der Waals surface area contributed by atoms with E-state index in [1.54, 1.807) is 36.4 Å². The van der Waals surface area contributed by atoms with Gasteiger partial charge in [-0.05, 0) is 42.0 Å². The number of amides is 1. The third kappa shape index (κ3) is 3.86. The minimum Gasteiger partial charge on any atom is -0.399 e. The number of nitrogens with zero attached hydrogens (tertiary/aromatic N) is 2. The first-order valence-corrected chi connectivity index (χ1v) is 8.22. The molecule has 0 unspecified atom stereocenters. The van der Waals surface area contributed by atoms with E-state index in [4.69, 9.17) is 17.3 Å². The summed E-state index contributed by atoms with van der Waals surface area (Å²) in [6.45, 7) is 3.57. The Morgan fingerprint density at radius 3 is 2.38 bits per heavy atom. The first kappa shape index (κ1) is 16.7. The molecule has 6 heteroatoms. The molecule has 2 N–H and O–H groups in total. The van der Waals surface area contributed by atoms with Crippen molar-refractivity contribution in [3.05, 3.63) is 64.4 Å². The quantitative estimate of drug-likeness (QED) is 0.868. The molecule has 1 aliphatic rings. The fourth-order valence-electron chi connectivity index (χ4n) is 2.81. The molecule has 2 aromatic carbocycles. The van der Waals surface area contributed by atoms with Gasteiger partial charge >= 0.3 is 0 Å².